The number of rotatable bonds is 6. The van der Waals surface area contributed by atoms with E-state index in [0.717, 1.165) is 41.7 Å². The van der Waals surface area contributed by atoms with Crippen LogP contribution in [0.3, 0.4) is 0 Å². The van der Waals surface area contributed by atoms with Crippen LogP contribution in [-0.2, 0) is 13.0 Å². The van der Waals surface area contributed by atoms with Crippen molar-refractivity contribution in [2.24, 2.45) is 11.7 Å². The Balaban J connectivity index is 1.88. The van der Waals surface area contributed by atoms with Crippen LogP contribution in [0.4, 0.5) is 0 Å². The fourth-order valence-corrected chi connectivity index (χ4v) is 3.38. The molecule has 1 aromatic rings. The van der Waals surface area contributed by atoms with E-state index in [1.807, 2.05) is 11.6 Å². The maximum Gasteiger partial charge on any atom is 0.0847 e. The highest BCUT2D eigenvalue weighted by molar-refractivity contribution is 6.31. The first-order valence-corrected chi connectivity index (χ1v) is 7.97. The molecule has 0 bridgehead atoms. The van der Waals surface area contributed by atoms with Crippen LogP contribution in [0.2, 0.25) is 5.02 Å². The minimum atomic E-state index is 0.208. The van der Waals surface area contributed by atoms with Crippen molar-refractivity contribution in [3.05, 3.63) is 16.4 Å². The Morgan fingerprint density at radius 1 is 1.42 bits per heavy atom. The summed E-state index contributed by atoms with van der Waals surface area (Å²) in [5.41, 5.74) is 8.32. The second kappa shape index (κ2) is 6.76. The molecule has 2 N–H and O–H groups in total. The molecule has 1 unspecified atom stereocenters. The Labute approximate surface area is 121 Å². The van der Waals surface area contributed by atoms with Gasteiger partial charge in [0.25, 0.3) is 0 Å². The second-order valence-electron chi connectivity index (χ2n) is 5.85. The SMILES string of the molecule is CCn1nc(C)c(Cl)c1CC(N)CCC1CCCC1. The zero-order valence-electron chi connectivity index (χ0n) is 12.2. The summed E-state index contributed by atoms with van der Waals surface area (Å²) in [5, 5.41) is 5.25. The predicted molar refractivity (Wildman–Crippen MR) is 80.5 cm³/mol. The zero-order valence-corrected chi connectivity index (χ0v) is 12.9. The van der Waals surface area contributed by atoms with Gasteiger partial charge >= 0.3 is 0 Å². The van der Waals surface area contributed by atoms with Crippen molar-refractivity contribution in [2.45, 2.75) is 71.4 Å². The van der Waals surface area contributed by atoms with E-state index in [2.05, 4.69) is 12.0 Å². The van der Waals surface area contributed by atoms with Gasteiger partial charge in [-0.05, 0) is 32.6 Å². The summed E-state index contributed by atoms with van der Waals surface area (Å²) >= 11 is 6.33. The lowest BCUT2D eigenvalue weighted by atomic mass is 9.97. The highest BCUT2D eigenvalue weighted by atomic mass is 35.5. The molecule has 108 valence electrons. The summed E-state index contributed by atoms with van der Waals surface area (Å²) in [7, 11) is 0. The number of halogens is 1. The van der Waals surface area contributed by atoms with Gasteiger partial charge in [-0.3, -0.25) is 4.68 Å². The van der Waals surface area contributed by atoms with Crippen LogP contribution in [-0.4, -0.2) is 15.8 Å². The van der Waals surface area contributed by atoms with Crippen molar-refractivity contribution in [3.8, 4) is 0 Å². The molecule has 0 amide bonds. The first kappa shape index (κ1) is 14.9. The number of nitrogens with two attached hydrogens (primary N) is 1. The number of hydrogen-bond donors (Lipinski definition) is 1. The van der Waals surface area contributed by atoms with E-state index < -0.39 is 0 Å². The predicted octanol–water partition coefficient (Wildman–Crippen LogP) is 3.71. The average molecular weight is 284 g/mol. The Bertz CT molecular complexity index is 408. The molecule has 0 aromatic carbocycles. The average Bonchev–Trinajstić information content (AvgIpc) is 3.00. The van der Waals surface area contributed by atoms with E-state index in [4.69, 9.17) is 17.3 Å². The summed E-state index contributed by atoms with van der Waals surface area (Å²) in [4.78, 5) is 0. The molecular weight excluding hydrogens is 258 g/mol. The molecule has 0 aliphatic heterocycles. The van der Waals surface area contributed by atoms with E-state index in [-0.39, 0.29) is 6.04 Å². The standard InChI is InChI=1S/C15H26ClN3/c1-3-19-14(15(16)11(2)18-19)10-13(17)9-8-12-6-4-5-7-12/h12-13H,3-10,17H2,1-2H3. The zero-order chi connectivity index (χ0) is 13.8. The molecule has 1 heterocycles. The lowest BCUT2D eigenvalue weighted by Crippen LogP contribution is -2.25. The highest BCUT2D eigenvalue weighted by Crippen LogP contribution is 2.29. The van der Waals surface area contributed by atoms with Gasteiger partial charge < -0.3 is 5.73 Å². The molecule has 3 nitrogen and oxygen atoms in total. The number of aromatic nitrogens is 2. The van der Waals surface area contributed by atoms with Crippen molar-refractivity contribution >= 4 is 11.6 Å². The third kappa shape index (κ3) is 3.73. The van der Waals surface area contributed by atoms with E-state index >= 15 is 0 Å². The molecule has 0 radical (unpaired) electrons. The summed E-state index contributed by atoms with van der Waals surface area (Å²) in [6, 6.07) is 0.208. The number of hydrogen-bond acceptors (Lipinski definition) is 2. The number of nitrogens with zero attached hydrogens (tertiary/aromatic N) is 2. The van der Waals surface area contributed by atoms with Crippen molar-refractivity contribution in [3.63, 3.8) is 0 Å². The summed E-state index contributed by atoms with van der Waals surface area (Å²) in [6.07, 6.45) is 8.85. The van der Waals surface area contributed by atoms with Crippen LogP contribution < -0.4 is 5.73 Å². The molecule has 1 aliphatic carbocycles. The number of aryl methyl sites for hydroxylation is 2. The fraction of sp³-hybridized carbons (Fsp3) is 0.800. The van der Waals surface area contributed by atoms with Gasteiger partial charge in [0.1, 0.15) is 0 Å². The van der Waals surface area contributed by atoms with Crippen molar-refractivity contribution < 1.29 is 0 Å². The monoisotopic (exact) mass is 283 g/mol. The molecule has 2 rings (SSSR count). The van der Waals surface area contributed by atoms with Crippen LogP contribution in [0.25, 0.3) is 0 Å². The van der Waals surface area contributed by atoms with Crippen molar-refractivity contribution in [1.82, 2.24) is 9.78 Å². The van der Waals surface area contributed by atoms with Gasteiger partial charge in [-0.25, -0.2) is 0 Å². The van der Waals surface area contributed by atoms with E-state index in [9.17, 15) is 0 Å². The molecular formula is C15H26ClN3. The quantitative estimate of drug-likeness (QED) is 0.865. The maximum atomic E-state index is 6.33. The molecule has 19 heavy (non-hydrogen) atoms. The fourth-order valence-electron chi connectivity index (χ4n) is 3.16. The third-order valence-corrected chi connectivity index (χ3v) is 4.82. The Morgan fingerprint density at radius 3 is 2.74 bits per heavy atom. The lowest BCUT2D eigenvalue weighted by Gasteiger charge is -2.15. The first-order chi connectivity index (χ1) is 9.11. The van der Waals surface area contributed by atoms with E-state index in [1.54, 1.807) is 0 Å². The van der Waals surface area contributed by atoms with Gasteiger partial charge in [0, 0.05) is 19.0 Å². The van der Waals surface area contributed by atoms with Crippen molar-refractivity contribution in [2.75, 3.05) is 0 Å². The summed E-state index contributed by atoms with van der Waals surface area (Å²) in [5.74, 6) is 0.916. The van der Waals surface area contributed by atoms with Gasteiger partial charge in [-0.1, -0.05) is 37.3 Å². The smallest absolute Gasteiger partial charge is 0.0847 e. The minimum absolute atomic E-state index is 0.208. The highest BCUT2D eigenvalue weighted by Gasteiger charge is 2.19. The van der Waals surface area contributed by atoms with Gasteiger partial charge in [-0.15, -0.1) is 0 Å². The van der Waals surface area contributed by atoms with E-state index in [0.29, 0.717) is 0 Å². The van der Waals surface area contributed by atoms with Crippen LogP contribution >= 0.6 is 11.6 Å². The van der Waals surface area contributed by atoms with Gasteiger partial charge in [0.05, 0.1) is 16.4 Å². The molecule has 4 heteroatoms. The summed E-state index contributed by atoms with van der Waals surface area (Å²) < 4.78 is 1.99. The largest absolute Gasteiger partial charge is 0.327 e. The van der Waals surface area contributed by atoms with Crippen LogP contribution in [0.15, 0.2) is 0 Å². The molecule has 1 fully saturated rings. The maximum absolute atomic E-state index is 6.33. The molecule has 1 aliphatic rings. The normalized spacial score (nSPS) is 18.1. The lowest BCUT2D eigenvalue weighted by molar-refractivity contribution is 0.441. The third-order valence-electron chi connectivity index (χ3n) is 4.33. The molecule has 1 saturated carbocycles. The van der Waals surface area contributed by atoms with Crippen LogP contribution in [0.1, 0.15) is 56.8 Å². The minimum Gasteiger partial charge on any atom is -0.327 e. The molecule has 0 spiro atoms. The van der Waals surface area contributed by atoms with E-state index in [1.165, 1.54) is 32.1 Å². The molecule has 1 atom stereocenters. The topological polar surface area (TPSA) is 43.8 Å². The first-order valence-electron chi connectivity index (χ1n) is 7.59. The van der Waals surface area contributed by atoms with Crippen molar-refractivity contribution in [1.29, 1.82) is 0 Å². The second-order valence-corrected chi connectivity index (χ2v) is 6.23. The van der Waals surface area contributed by atoms with Gasteiger partial charge in [-0.2, -0.15) is 5.10 Å². The van der Waals surface area contributed by atoms with Crippen LogP contribution in [0, 0.1) is 12.8 Å². The Morgan fingerprint density at radius 2 is 2.11 bits per heavy atom. The Kier molecular flexibility index (Phi) is 5.28. The molecule has 0 saturated heterocycles. The van der Waals surface area contributed by atoms with Crippen LogP contribution in [0.5, 0.6) is 0 Å². The van der Waals surface area contributed by atoms with Gasteiger partial charge in [0.15, 0.2) is 0 Å². The van der Waals surface area contributed by atoms with Gasteiger partial charge in [0.2, 0.25) is 0 Å². The Hall–Kier alpha value is -0.540. The molecule has 1 aromatic heterocycles. The summed E-state index contributed by atoms with van der Waals surface area (Å²) in [6.45, 7) is 4.91.